The summed E-state index contributed by atoms with van der Waals surface area (Å²) >= 11 is -0.0178. The van der Waals surface area contributed by atoms with Gasteiger partial charge >= 0.3 is 5.82 Å². The third-order valence-electron chi connectivity index (χ3n) is 1.84. The summed E-state index contributed by atoms with van der Waals surface area (Å²) < 4.78 is 13.4. The first-order valence-corrected chi connectivity index (χ1v) is 8.23. The standard InChI is InChI=1S/C12H19IO3/c1-5-6-13-8-10-9(7-12(2,3)4)15-11(14)16-10/h8H,5-7H2,1-4H3. The molecule has 16 heavy (non-hydrogen) atoms. The predicted octanol–water partition coefficient (Wildman–Crippen LogP) is 3.35. The zero-order valence-electron chi connectivity index (χ0n) is 10.3. The smallest absolute Gasteiger partial charge is 0.395 e. The topological polar surface area (TPSA) is 43.4 Å². The Morgan fingerprint density at radius 3 is 2.56 bits per heavy atom. The van der Waals surface area contributed by atoms with E-state index in [-0.39, 0.29) is 26.1 Å². The lowest BCUT2D eigenvalue weighted by Gasteiger charge is -2.15. The van der Waals surface area contributed by atoms with E-state index in [2.05, 4.69) is 31.7 Å². The van der Waals surface area contributed by atoms with Crippen molar-refractivity contribution in [2.24, 2.45) is 5.41 Å². The van der Waals surface area contributed by atoms with Gasteiger partial charge in [-0.2, -0.15) is 0 Å². The van der Waals surface area contributed by atoms with Gasteiger partial charge in [0.1, 0.15) is 0 Å². The Hall–Kier alpha value is -0.390. The maximum absolute atomic E-state index is 11.1. The van der Waals surface area contributed by atoms with Gasteiger partial charge in [-0.3, -0.25) is 0 Å². The monoisotopic (exact) mass is 338 g/mol. The molecule has 4 heteroatoms. The van der Waals surface area contributed by atoms with E-state index in [0.29, 0.717) is 11.5 Å². The quantitative estimate of drug-likeness (QED) is 0.625. The van der Waals surface area contributed by atoms with Crippen LogP contribution in [0.2, 0.25) is 0 Å². The Labute approximate surface area is 106 Å². The lowest BCUT2D eigenvalue weighted by molar-refractivity contribution is 0.335. The largest absolute Gasteiger partial charge is 0.519 e. The molecule has 0 saturated carbocycles. The van der Waals surface area contributed by atoms with Gasteiger partial charge in [0.2, 0.25) is 0 Å². The summed E-state index contributed by atoms with van der Waals surface area (Å²) in [7, 11) is 0. The maximum atomic E-state index is 11.1. The Balaban J connectivity index is 2.87. The first-order chi connectivity index (χ1) is 7.42. The molecule has 1 heterocycles. The van der Waals surface area contributed by atoms with Gasteiger partial charge in [0.25, 0.3) is 0 Å². The van der Waals surface area contributed by atoms with Crippen molar-refractivity contribution < 1.29 is 8.83 Å². The maximum Gasteiger partial charge on any atom is 0.519 e. The second-order valence-corrected chi connectivity index (χ2v) is 7.51. The number of halogens is 1. The van der Waals surface area contributed by atoms with Crippen molar-refractivity contribution in [1.29, 1.82) is 0 Å². The highest BCUT2D eigenvalue weighted by Crippen LogP contribution is 2.22. The molecule has 3 nitrogen and oxygen atoms in total. The van der Waals surface area contributed by atoms with Gasteiger partial charge in [-0.25, -0.2) is 4.79 Å². The molecule has 0 fully saturated rings. The molecule has 1 aromatic rings. The van der Waals surface area contributed by atoms with Crippen LogP contribution >= 0.6 is 20.7 Å². The number of alkyl halides is 1. The van der Waals surface area contributed by atoms with Crippen molar-refractivity contribution >= 4 is 24.7 Å². The Morgan fingerprint density at radius 2 is 2.00 bits per heavy atom. The van der Waals surface area contributed by atoms with Crippen LogP contribution in [0, 0.1) is 5.41 Å². The van der Waals surface area contributed by atoms with Gasteiger partial charge in [-0.1, -0.05) is 27.7 Å². The third-order valence-corrected chi connectivity index (χ3v) is 4.55. The Morgan fingerprint density at radius 1 is 1.31 bits per heavy atom. The molecule has 92 valence electrons. The minimum atomic E-state index is -0.578. The van der Waals surface area contributed by atoms with E-state index in [1.54, 1.807) is 0 Å². The highest BCUT2D eigenvalue weighted by Gasteiger charge is 2.18. The Bertz CT molecular complexity index is 407. The summed E-state index contributed by atoms with van der Waals surface area (Å²) in [6.45, 7) is 8.51. The van der Waals surface area contributed by atoms with Crippen molar-refractivity contribution in [2.45, 2.75) is 40.5 Å². The van der Waals surface area contributed by atoms with Crippen LogP contribution in [0.25, 0.3) is 0 Å². The minimum Gasteiger partial charge on any atom is -0.395 e. The molecule has 0 N–H and O–H groups in total. The summed E-state index contributed by atoms with van der Waals surface area (Å²) in [5.41, 5.74) is 0.103. The average Bonchev–Trinajstić information content (AvgIpc) is 2.44. The van der Waals surface area contributed by atoms with Gasteiger partial charge in [-0.15, -0.1) is 20.7 Å². The van der Waals surface area contributed by atoms with E-state index < -0.39 is 5.82 Å². The summed E-state index contributed by atoms with van der Waals surface area (Å²) in [5.74, 6) is 0.792. The molecule has 0 spiro atoms. The molecule has 0 bridgehead atoms. The summed E-state index contributed by atoms with van der Waals surface area (Å²) in [6.07, 6.45) is 1.92. The number of hydrogen-bond acceptors (Lipinski definition) is 3. The SMILES string of the molecule is CCCI=Cc1oc(=O)oc1CC(C)(C)C. The van der Waals surface area contributed by atoms with E-state index in [0.717, 1.165) is 6.42 Å². The lowest BCUT2D eigenvalue weighted by Crippen LogP contribution is -2.09. The average molecular weight is 338 g/mol. The first-order valence-electron chi connectivity index (χ1n) is 5.46. The van der Waals surface area contributed by atoms with Crippen LogP contribution in [0.5, 0.6) is 0 Å². The molecule has 0 aliphatic carbocycles. The fraction of sp³-hybridized carbons (Fsp3) is 0.667. The number of hydrogen-bond donors (Lipinski definition) is 0. The van der Waals surface area contributed by atoms with Crippen molar-refractivity contribution in [3.63, 3.8) is 0 Å². The van der Waals surface area contributed by atoms with Crippen LogP contribution in [0.15, 0.2) is 13.6 Å². The van der Waals surface area contributed by atoms with E-state index >= 15 is 0 Å². The predicted molar refractivity (Wildman–Crippen MR) is 74.7 cm³/mol. The van der Waals surface area contributed by atoms with E-state index in [1.807, 2.05) is 0 Å². The van der Waals surface area contributed by atoms with Crippen LogP contribution in [-0.4, -0.2) is 8.44 Å². The summed E-state index contributed by atoms with van der Waals surface area (Å²) in [6, 6.07) is 0. The highest BCUT2D eigenvalue weighted by molar-refractivity contribution is 14.2. The van der Waals surface area contributed by atoms with Crippen LogP contribution < -0.4 is 5.82 Å². The molecule has 0 saturated heterocycles. The minimum absolute atomic E-state index is 0.0178. The normalized spacial score (nSPS) is 13.0. The molecule has 0 aliphatic rings. The van der Waals surface area contributed by atoms with Crippen molar-refractivity contribution in [3.8, 4) is 0 Å². The van der Waals surface area contributed by atoms with Crippen molar-refractivity contribution in [2.75, 3.05) is 4.43 Å². The molecule has 0 aromatic carbocycles. The van der Waals surface area contributed by atoms with Crippen LogP contribution in [0.1, 0.15) is 45.6 Å². The van der Waals surface area contributed by atoms with E-state index in [4.69, 9.17) is 8.83 Å². The second-order valence-electron chi connectivity index (χ2n) is 4.93. The molecule has 0 unspecified atom stereocenters. The first kappa shape index (κ1) is 13.7. The highest BCUT2D eigenvalue weighted by atomic mass is 127. The van der Waals surface area contributed by atoms with Gasteiger partial charge in [0, 0.05) is 10.4 Å². The van der Waals surface area contributed by atoms with Gasteiger partial charge in [-0.05, 0) is 16.3 Å². The molecule has 1 rings (SSSR count). The molecule has 0 aliphatic heterocycles. The summed E-state index contributed by atoms with van der Waals surface area (Å²) in [5, 5.41) is 0. The zero-order chi connectivity index (χ0) is 12.2. The molecule has 0 atom stereocenters. The molecule has 0 radical (unpaired) electrons. The molecule has 1 aromatic heterocycles. The van der Waals surface area contributed by atoms with Crippen molar-refractivity contribution in [1.82, 2.24) is 0 Å². The number of rotatable bonds is 4. The van der Waals surface area contributed by atoms with Gasteiger partial charge in [0.15, 0.2) is 11.5 Å². The Kier molecular flexibility index (Phi) is 4.95. The zero-order valence-corrected chi connectivity index (χ0v) is 12.5. The van der Waals surface area contributed by atoms with Gasteiger partial charge < -0.3 is 8.83 Å². The molecular weight excluding hydrogens is 319 g/mol. The molecule has 0 amide bonds. The van der Waals surface area contributed by atoms with Gasteiger partial charge in [0.05, 0.1) is 0 Å². The fourth-order valence-corrected chi connectivity index (χ4v) is 3.05. The second kappa shape index (κ2) is 5.80. The molecular formula is C12H19IO3. The fourth-order valence-electron chi connectivity index (χ4n) is 1.24. The lowest BCUT2D eigenvalue weighted by atomic mass is 9.91. The van der Waals surface area contributed by atoms with E-state index in [1.165, 1.54) is 10.8 Å². The van der Waals surface area contributed by atoms with Crippen LogP contribution in [-0.2, 0) is 6.42 Å². The van der Waals surface area contributed by atoms with E-state index in [9.17, 15) is 4.79 Å². The van der Waals surface area contributed by atoms with Crippen LogP contribution in [0.3, 0.4) is 0 Å². The van der Waals surface area contributed by atoms with Crippen molar-refractivity contribution in [3.05, 3.63) is 22.1 Å². The van der Waals surface area contributed by atoms with Crippen LogP contribution in [0.4, 0.5) is 0 Å². The summed E-state index contributed by atoms with van der Waals surface area (Å²) in [4.78, 5) is 11.1. The third kappa shape index (κ3) is 4.63.